The summed E-state index contributed by atoms with van der Waals surface area (Å²) in [6.45, 7) is 0.613. The van der Waals surface area contributed by atoms with E-state index in [2.05, 4.69) is 5.32 Å². The van der Waals surface area contributed by atoms with Crippen LogP contribution in [0, 0.1) is 5.82 Å². The molecule has 1 amide bonds. The molecule has 26 heavy (non-hydrogen) atoms. The second-order valence-corrected chi connectivity index (χ2v) is 6.64. The van der Waals surface area contributed by atoms with E-state index >= 15 is 0 Å². The van der Waals surface area contributed by atoms with Gasteiger partial charge >= 0.3 is 5.97 Å². The second-order valence-electron chi connectivity index (χ2n) is 6.23. The van der Waals surface area contributed by atoms with Gasteiger partial charge in [-0.2, -0.15) is 0 Å². The Bertz CT molecular complexity index is 843. The number of benzene rings is 2. The first-order chi connectivity index (χ1) is 12.5. The summed E-state index contributed by atoms with van der Waals surface area (Å²) < 4.78 is 18.0. The molecule has 0 saturated carbocycles. The van der Waals surface area contributed by atoms with Gasteiger partial charge in [0.15, 0.2) is 12.6 Å². The highest BCUT2D eigenvalue weighted by Gasteiger charge is 2.37. The van der Waals surface area contributed by atoms with E-state index in [4.69, 9.17) is 16.3 Å². The second kappa shape index (κ2) is 7.85. The fourth-order valence-electron chi connectivity index (χ4n) is 3.23. The van der Waals surface area contributed by atoms with E-state index < -0.39 is 11.9 Å². The summed E-state index contributed by atoms with van der Waals surface area (Å²) in [6, 6.07) is 11.2. The number of methoxy groups -OCH3 is 1. The van der Waals surface area contributed by atoms with Crippen LogP contribution >= 0.6 is 11.6 Å². The summed E-state index contributed by atoms with van der Waals surface area (Å²) in [5, 5.41) is 2.80. The third-order valence-electron chi connectivity index (χ3n) is 4.53. The number of nitrogens with one attached hydrogen (secondary N) is 2. The van der Waals surface area contributed by atoms with Gasteiger partial charge < -0.3 is 15.0 Å². The number of carbonyl (C=O) groups excluding carboxylic acids is 2. The normalized spacial score (nSPS) is 18.7. The van der Waals surface area contributed by atoms with Crippen molar-refractivity contribution >= 4 is 29.2 Å². The van der Waals surface area contributed by atoms with Crippen LogP contribution in [-0.4, -0.2) is 31.6 Å². The molecule has 1 aliphatic heterocycles. The van der Waals surface area contributed by atoms with Gasteiger partial charge in [-0.05, 0) is 23.8 Å². The van der Waals surface area contributed by atoms with Crippen LogP contribution in [0.1, 0.15) is 11.1 Å². The maximum Gasteiger partial charge on any atom is 0.365 e. The number of quaternary nitrogens is 1. The fourth-order valence-corrected chi connectivity index (χ4v) is 3.45. The minimum absolute atomic E-state index is 0.0712. The average molecular weight is 378 g/mol. The van der Waals surface area contributed by atoms with Crippen LogP contribution in [0.25, 0.3) is 0 Å². The molecule has 2 atom stereocenters. The van der Waals surface area contributed by atoms with Gasteiger partial charge in [-0.25, -0.2) is 9.18 Å². The highest BCUT2D eigenvalue weighted by atomic mass is 35.5. The Balaban J connectivity index is 1.75. The van der Waals surface area contributed by atoms with Gasteiger partial charge in [0.05, 0.1) is 17.8 Å². The summed E-state index contributed by atoms with van der Waals surface area (Å²) >= 11 is 5.95. The van der Waals surface area contributed by atoms with Gasteiger partial charge in [0.2, 0.25) is 0 Å². The summed E-state index contributed by atoms with van der Waals surface area (Å²) in [7, 11) is 1.35. The molecule has 2 N–H and O–H groups in total. The monoisotopic (exact) mass is 377 g/mol. The zero-order chi connectivity index (χ0) is 18.7. The molecule has 0 radical (unpaired) electrons. The largest absolute Gasteiger partial charge is 0.465 e. The lowest BCUT2D eigenvalue weighted by Crippen LogP contribution is -3.17. The first kappa shape index (κ1) is 18.4. The van der Waals surface area contributed by atoms with Crippen LogP contribution in [0.15, 0.2) is 42.5 Å². The lowest BCUT2D eigenvalue weighted by Gasteiger charge is -2.31. The van der Waals surface area contributed by atoms with E-state index in [0.717, 1.165) is 22.1 Å². The number of esters is 1. The topological polar surface area (TPSA) is 59.8 Å². The lowest BCUT2D eigenvalue weighted by molar-refractivity contribution is -0.924. The van der Waals surface area contributed by atoms with E-state index in [-0.39, 0.29) is 23.4 Å². The maximum atomic E-state index is 13.1. The van der Waals surface area contributed by atoms with Crippen LogP contribution in [-0.2, 0) is 27.3 Å². The number of hydrogen-bond acceptors (Lipinski definition) is 3. The Hall–Kier alpha value is -2.44. The molecule has 0 fully saturated rings. The molecular formula is C19H19ClFN2O3+. The predicted octanol–water partition coefficient (Wildman–Crippen LogP) is 1.60. The first-order valence-corrected chi connectivity index (χ1v) is 8.60. The average Bonchev–Trinajstić information content (AvgIpc) is 2.63. The summed E-state index contributed by atoms with van der Waals surface area (Å²) in [6.07, 6.45) is 0.517. The quantitative estimate of drug-likeness (QED) is 0.796. The molecule has 0 aliphatic carbocycles. The molecule has 2 aromatic rings. The van der Waals surface area contributed by atoms with Crippen LogP contribution in [0.2, 0.25) is 5.02 Å². The number of amides is 1. The number of fused-ring (bicyclic) bond motifs is 1. The Kier molecular flexibility index (Phi) is 5.54. The van der Waals surface area contributed by atoms with Crippen LogP contribution in [0.4, 0.5) is 10.1 Å². The van der Waals surface area contributed by atoms with E-state index in [1.165, 1.54) is 19.2 Å². The van der Waals surface area contributed by atoms with E-state index in [9.17, 15) is 14.0 Å². The Morgan fingerprint density at radius 2 is 2.00 bits per heavy atom. The zero-order valence-corrected chi connectivity index (χ0v) is 15.0. The van der Waals surface area contributed by atoms with Crippen molar-refractivity contribution in [3.63, 3.8) is 0 Å². The molecule has 0 spiro atoms. The number of carbonyl (C=O) groups is 2. The molecule has 1 heterocycles. The van der Waals surface area contributed by atoms with E-state index in [0.29, 0.717) is 18.7 Å². The number of anilines is 1. The van der Waals surface area contributed by atoms with Crippen molar-refractivity contribution in [2.75, 3.05) is 19.0 Å². The highest BCUT2D eigenvalue weighted by Crippen LogP contribution is 2.22. The summed E-state index contributed by atoms with van der Waals surface area (Å²) in [5.41, 5.74) is 2.54. The molecular weight excluding hydrogens is 359 g/mol. The predicted molar refractivity (Wildman–Crippen MR) is 95.5 cm³/mol. The van der Waals surface area contributed by atoms with Crippen molar-refractivity contribution in [1.82, 2.24) is 0 Å². The number of rotatable bonds is 4. The smallest absolute Gasteiger partial charge is 0.365 e. The molecule has 2 aromatic carbocycles. The molecule has 0 saturated heterocycles. The summed E-state index contributed by atoms with van der Waals surface area (Å²) in [5.74, 6) is -1.12. The third-order valence-corrected chi connectivity index (χ3v) is 4.84. The fraction of sp³-hybridized carbons (Fsp3) is 0.263. The molecule has 0 aromatic heterocycles. The van der Waals surface area contributed by atoms with Gasteiger partial charge in [0, 0.05) is 12.0 Å². The van der Waals surface area contributed by atoms with Crippen molar-refractivity contribution in [2.24, 2.45) is 0 Å². The standard InChI is InChI=1S/C19H18ClFN2O3/c1-26-19(25)17-8-12-4-2-3-5-13(12)10-23(17)11-18(24)22-16-7-6-14(21)9-15(16)20/h2-7,9,17H,8,10-11H2,1H3,(H,22,24)/p+1/t17-/m0/s1. The van der Waals surface area contributed by atoms with Crippen LogP contribution < -0.4 is 10.2 Å². The maximum absolute atomic E-state index is 13.1. The molecule has 7 heteroatoms. The third kappa shape index (κ3) is 4.03. The van der Waals surface area contributed by atoms with Crippen molar-refractivity contribution in [3.8, 4) is 0 Å². The van der Waals surface area contributed by atoms with Crippen LogP contribution in [0.5, 0.6) is 0 Å². The van der Waals surface area contributed by atoms with E-state index in [1.807, 2.05) is 24.3 Å². The Morgan fingerprint density at radius 1 is 1.27 bits per heavy atom. The van der Waals surface area contributed by atoms with Crippen molar-refractivity contribution in [2.45, 2.75) is 19.0 Å². The summed E-state index contributed by atoms with van der Waals surface area (Å²) in [4.78, 5) is 25.4. The number of halogens is 2. The number of ether oxygens (including phenoxy) is 1. The van der Waals surface area contributed by atoms with Gasteiger partial charge in [0.1, 0.15) is 12.4 Å². The van der Waals surface area contributed by atoms with E-state index in [1.54, 1.807) is 0 Å². The minimum Gasteiger partial charge on any atom is -0.465 e. The first-order valence-electron chi connectivity index (χ1n) is 8.22. The SMILES string of the molecule is COC(=O)[C@@H]1Cc2ccccc2C[NH+]1CC(=O)Nc1ccc(F)cc1Cl. The molecule has 136 valence electrons. The zero-order valence-electron chi connectivity index (χ0n) is 14.2. The number of hydrogen-bond donors (Lipinski definition) is 2. The van der Waals surface area contributed by atoms with Gasteiger partial charge in [-0.1, -0.05) is 35.9 Å². The minimum atomic E-state index is -0.475. The molecule has 1 unspecified atom stereocenters. The van der Waals surface area contributed by atoms with Crippen LogP contribution in [0.3, 0.4) is 0 Å². The molecule has 0 bridgehead atoms. The van der Waals surface area contributed by atoms with Crippen molar-refractivity contribution in [3.05, 3.63) is 64.4 Å². The molecule has 5 nitrogen and oxygen atoms in total. The molecule has 3 rings (SSSR count). The lowest BCUT2D eigenvalue weighted by atomic mass is 9.94. The van der Waals surface area contributed by atoms with Gasteiger partial charge in [-0.15, -0.1) is 0 Å². The molecule has 1 aliphatic rings. The van der Waals surface area contributed by atoms with Crippen molar-refractivity contribution < 1.29 is 23.6 Å². The Labute approximate surface area is 155 Å². The highest BCUT2D eigenvalue weighted by molar-refractivity contribution is 6.33. The van der Waals surface area contributed by atoms with Gasteiger partial charge in [-0.3, -0.25) is 4.79 Å². The Morgan fingerprint density at radius 3 is 2.69 bits per heavy atom. The van der Waals surface area contributed by atoms with Crippen molar-refractivity contribution in [1.29, 1.82) is 0 Å². The van der Waals surface area contributed by atoms with Gasteiger partial charge in [0.25, 0.3) is 5.91 Å².